The van der Waals surface area contributed by atoms with Gasteiger partial charge in [0.1, 0.15) is 0 Å². The Balaban J connectivity index is 3.46. The fourth-order valence-electron chi connectivity index (χ4n) is 1.28. The minimum absolute atomic E-state index is 0.745. The maximum atomic E-state index is 4.10. The molecule has 0 saturated heterocycles. The van der Waals surface area contributed by atoms with Crippen molar-refractivity contribution >= 4 is 0 Å². The fraction of sp³-hybridized carbons (Fsp3) is 0.818. The Bertz CT molecular complexity index is 103. The van der Waals surface area contributed by atoms with Gasteiger partial charge in [-0.2, -0.15) is 0 Å². The molecule has 0 nitrogen and oxygen atoms in total. The maximum Gasteiger partial charge on any atom is -0.0234 e. The van der Waals surface area contributed by atoms with E-state index in [1.807, 2.05) is 0 Å². The van der Waals surface area contributed by atoms with E-state index >= 15 is 0 Å². The van der Waals surface area contributed by atoms with Crippen LogP contribution in [0.15, 0.2) is 12.2 Å². The van der Waals surface area contributed by atoms with Crippen LogP contribution in [0.25, 0.3) is 0 Å². The fourth-order valence-corrected chi connectivity index (χ4v) is 1.28. The van der Waals surface area contributed by atoms with E-state index in [4.69, 9.17) is 0 Å². The molecule has 0 heterocycles. The molecule has 66 valence electrons. The second-order valence-electron chi connectivity index (χ2n) is 3.45. The Morgan fingerprint density at radius 1 is 1.27 bits per heavy atom. The average Bonchev–Trinajstić information content (AvgIpc) is 2.00. The molecule has 1 unspecified atom stereocenters. The highest BCUT2D eigenvalue weighted by Crippen LogP contribution is 2.19. The van der Waals surface area contributed by atoms with E-state index in [2.05, 4.69) is 27.4 Å². The van der Waals surface area contributed by atoms with Gasteiger partial charge in [0.05, 0.1) is 0 Å². The van der Waals surface area contributed by atoms with Crippen LogP contribution in [0.2, 0.25) is 0 Å². The van der Waals surface area contributed by atoms with E-state index in [1.165, 1.54) is 37.7 Å². The van der Waals surface area contributed by atoms with Crippen molar-refractivity contribution in [2.24, 2.45) is 5.92 Å². The standard InChI is InChI=1S/C11H22/c1-5-7-9-11(4)10(3)8-6-2/h11H,3,5-9H2,1-2,4H3. The van der Waals surface area contributed by atoms with Crippen molar-refractivity contribution in [2.75, 3.05) is 0 Å². The molecular weight excluding hydrogens is 132 g/mol. The molecule has 0 aromatic carbocycles. The smallest absolute Gasteiger partial charge is 0.0234 e. The van der Waals surface area contributed by atoms with Gasteiger partial charge in [0.2, 0.25) is 0 Å². The van der Waals surface area contributed by atoms with Gasteiger partial charge in [-0.05, 0) is 18.8 Å². The van der Waals surface area contributed by atoms with Crippen LogP contribution in [0, 0.1) is 5.92 Å². The van der Waals surface area contributed by atoms with Crippen molar-refractivity contribution in [3.63, 3.8) is 0 Å². The average molecular weight is 154 g/mol. The highest BCUT2D eigenvalue weighted by molar-refractivity contribution is 4.98. The summed E-state index contributed by atoms with van der Waals surface area (Å²) in [5.74, 6) is 0.745. The summed E-state index contributed by atoms with van der Waals surface area (Å²) in [7, 11) is 0. The number of hydrogen-bond acceptors (Lipinski definition) is 0. The Kier molecular flexibility index (Phi) is 6.30. The molecule has 0 aliphatic carbocycles. The quantitative estimate of drug-likeness (QED) is 0.504. The van der Waals surface area contributed by atoms with Crippen LogP contribution in [0.1, 0.15) is 52.9 Å². The van der Waals surface area contributed by atoms with E-state index in [9.17, 15) is 0 Å². The van der Waals surface area contributed by atoms with Crippen LogP contribution >= 0.6 is 0 Å². The number of allylic oxidation sites excluding steroid dienone is 1. The lowest BCUT2D eigenvalue weighted by Gasteiger charge is -2.12. The molecular formula is C11H22. The van der Waals surface area contributed by atoms with Gasteiger partial charge in [0, 0.05) is 0 Å². The van der Waals surface area contributed by atoms with Gasteiger partial charge in [-0.25, -0.2) is 0 Å². The number of hydrogen-bond donors (Lipinski definition) is 0. The van der Waals surface area contributed by atoms with Crippen LogP contribution in [-0.2, 0) is 0 Å². The summed E-state index contributed by atoms with van der Waals surface area (Å²) < 4.78 is 0. The third-order valence-electron chi connectivity index (χ3n) is 2.26. The molecule has 0 radical (unpaired) electrons. The maximum absolute atomic E-state index is 4.10. The summed E-state index contributed by atoms with van der Waals surface area (Å²) in [5, 5.41) is 0. The lowest BCUT2D eigenvalue weighted by Crippen LogP contribution is -1.97. The first-order chi connectivity index (χ1) is 5.22. The number of unbranched alkanes of at least 4 members (excludes halogenated alkanes) is 1. The largest absolute Gasteiger partial charge is 0.0996 e. The van der Waals surface area contributed by atoms with E-state index < -0.39 is 0 Å². The van der Waals surface area contributed by atoms with Gasteiger partial charge in [0.25, 0.3) is 0 Å². The van der Waals surface area contributed by atoms with Crippen LogP contribution in [0.3, 0.4) is 0 Å². The van der Waals surface area contributed by atoms with Gasteiger partial charge < -0.3 is 0 Å². The Hall–Kier alpha value is -0.260. The lowest BCUT2D eigenvalue weighted by molar-refractivity contribution is 0.553. The molecule has 0 fully saturated rings. The van der Waals surface area contributed by atoms with Gasteiger partial charge in [-0.1, -0.05) is 52.2 Å². The normalized spacial score (nSPS) is 13.0. The molecule has 0 saturated carbocycles. The summed E-state index contributed by atoms with van der Waals surface area (Å²) >= 11 is 0. The van der Waals surface area contributed by atoms with Gasteiger partial charge in [-0.3, -0.25) is 0 Å². The monoisotopic (exact) mass is 154 g/mol. The summed E-state index contributed by atoms with van der Waals surface area (Å²) in [6, 6.07) is 0. The summed E-state index contributed by atoms with van der Waals surface area (Å²) in [4.78, 5) is 0. The molecule has 0 aromatic rings. The topological polar surface area (TPSA) is 0 Å². The first kappa shape index (κ1) is 10.7. The van der Waals surface area contributed by atoms with E-state index in [0.29, 0.717) is 0 Å². The molecule has 0 rings (SSSR count). The van der Waals surface area contributed by atoms with Crippen molar-refractivity contribution in [3.8, 4) is 0 Å². The second-order valence-corrected chi connectivity index (χ2v) is 3.45. The molecule has 0 aliphatic heterocycles. The van der Waals surface area contributed by atoms with Crippen molar-refractivity contribution in [2.45, 2.75) is 52.9 Å². The first-order valence-corrected chi connectivity index (χ1v) is 4.90. The van der Waals surface area contributed by atoms with Gasteiger partial charge in [0.15, 0.2) is 0 Å². The summed E-state index contributed by atoms with van der Waals surface area (Å²) in [6.45, 7) is 10.9. The predicted molar refractivity (Wildman–Crippen MR) is 52.7 cm³/mol. The Labute approximate surface area is 71.7 Å². The first-order valence-electron chi connectivity index (χ1n) is 4.90. The van der Waals surface area contributed by atoms with Crippen molar-refractivity contribution in [1.82, 2.24) is 0 Å². The predicted octanol–water partition coefficient (Wildman–Crippen LogP) is 4.17. The molecule has 11 heavy (non-hydrogen) atoms. The molecule has 0 bridgehead atoms. The van der Waals surface area contributed by atoms with E-state index in [1.54, 1.807) is 0 Å². The van der Waals surface area contributed by atoms with E-state index in [0.717, 1.165) is 5.92 Å². The third kappa shape index (κ3) is 5.06. The SMILES string of the molecule is C=C(CCC)C(C)CCCC. The minimum Gasteiger partial charge on any atom is -0.0996 e. The van der Waals surface area contributed by atoms with Crippen LogP contribution < -0.4 is 0 Å². The highest BCUT2D eigenvalue weighted by atomic mass is 14.1. The van der Waals surface area contributed by atoms with Crippen molar-refractivity contribution in [3.05, 3.63) is 12.2 Å². The van der Waals surface area contributed by atoms with Crippen LogP contribution in [0.5, 0.6) is 0 Å². The van der Waals surface area contributed by atoms with Crippen LogP contribution in [0.4, 0.5) is 0 Å². The van der Waals surface area contributed by atoms with Crippen molar-refractivity contribution in [1.29, 1.82) is 0 Å². The zero-order valence-corrected chi connectivity index (χ0v) is 8.32. The molecule has 0 amide bonds. The van der Waals surface area contributed by atoms with Gasteiger partial charge >= 0.3 is 0 Å². The molecule has 0 aliphatic rings. The zero-order valence-electron chi connectivity index (χ0n) is 8.32. The summed E-state index contributed by atoms with van der Waals surface area (Å²) in [5.41, 5.74) is 1.45. The van der Waals surface area contributed by atoms with Crippen LogP contribution in [-0.4, -0.2) is 0 Å². The zero-order chi connectivity index (χ0) is 8.69. The molecule has 0 aromatic heterocycles. The Morgan fingerprint density at radius 2 is 1.91 bits per heavy atom. The molecule has 0 spiro atoms. The van der Waals surface area contributed by atoms with Crippen molar-refractivity contribution < 1.29 is 0 Å². The molecule has 1 atom stereocenters. The van der Waals surface area contributed by atoms with E-state index in [-0.39, 0.29) is 0 Å². The molecule has 0 N–H and O–H groups in total. The number of rotatable bonds is 6. The highest BCUT2D eigenvalue weighted by Gasteiger charge is 2.03. The Morgan fingerprint density at radius 3 is 2.36 bits per heavy atom. The molecule has 0 heteroatoms. The third-order valence-corrected chi connectivity index (χ3v) is 2.26. The minimum atomic E-state index is 0.745. The summed E-state index contributed by atoms with van der Waals surface area (Å²) in [6.07, 6.45) is 6.45. The second kappa shape index (κ2) is 6.45. The lowest BCUT2D eigenvalue weighted by atomic mass is 9.94. The van der Waals surface area contributed by atoms with Gasteiger partial charge in [-0.15, -0.1) is 0 Å².